The standard InChI is InChI=1S/C12H16Cl2O3S/c1-2-6-18(15,16)7-5-17-12-4-3-11(14)8-10(12)9-13/h3-4,8H,2,5-7,9H2,1H3. The molecular formula is C12H16Cl2O3S. The Hall–Kier alpha value is -0.450. The molecule has 0 aliphatic carbocycles. The second-order valence-corrected chi connectivity index (χ2v) is 6.89. The minimum atomic E-state index is -3.01. The maximum atomic E-state index is 11.5. The summed E-state index contributed by atoms with van der Waals surface area (Å²) in [5.41, 5.74) is 0.761. The van der Waals surface area contributed by atoms with Crippen LogP contribution in [0.3, 0.4) is 0 Å². The third-order valence-electron chi connectivity index (χ3n) is 2.33. The molecule has 6 heteroatoms. The lowest BCUT2D eigenvalue weighted by Gasteiger charge is -2.10. The van der Waals surface area contributed by atoms with Crippen molar-refractivity contribution in [1.82, 2.24) is 0 Å². The van der Waals surface area contributed by atoms with E-state index in [2.05, 4.69) is 0 Å². The molecule has 0 saturated carbocycles. The zero-order valence-electron chi connectivity index (χ0n) is 10.2. The van der Waals surface area contributed by atoms with E-state index in [0.29, 0.717) is 17.2 Å². The highest BCUT2D eigenvalue weighted by molar-refractivity contribution is 7.91. The first-order chi connectivity index (χ1) is 8.48. The highest BCUT2D eigenvalue weighted by atomic mass is 35.5. The van der Waals surface area contributed by atoms with Gasteiger partial charge in [0.15, 0.2) is 9.84 Å². The van der Waals surface area contributed by atoms with E-state index >= 15 is 0 Å². The van der Waals surface area contributed by atoms with Gasteiger partial charge in [0.2, 0.25) is 0 Å². The molecule has 102 valence electrons. The van der Waals surface area contributed by atoms with E-state index in [1.807, 2.05) is 6.92 Å². The zero-order chi connectivity index (χ0) is 13.6. The number of benzene rings is 1. The van der Waals surface area contributed by atoms with Crippen molar-refractivity contribution in [3.63, 3.8) is 0 Å². The van der Waals surface area contributed by atoms with E-state index in [0.717, 1.165) is 5.56 Å². The van der Waals surface area contributed by atoms with Crippen molar-refractivity contribution in [2.24, 2.45) is 0 Å². The number of hydrogen-bond donors (Lipinski definition) is 0. The summed E-state index contributed by atoms with van der Waals surface area (Å²) >= 11 is 11.6. The first-order valence-corrected chi connectivity index (χ1v) is 8.39. The third kappa shape index (κ3) is 5.04. The molecule has 0 aliphatic heterocycles. The molecule has 18 heavy (non-hydrogen) atoms. The summed E-state index contributed by atoms with van der Waals surface area (Å²) in [7, 11) is -3.01. The van der Waals surface area contributed by atoms with Gasteiger partial charge in [0.25, 0.3) is 0 Å². The number of rotatable bonds is 7. The Morgan fingerprint density at radius 3 is 2.61 bits per heavy atom. The van der Waals surface area contributed by atoms with Gasteiger partial charge >= 0.3 is 0 Å². The van der Waals surface area contributed by atoms with Gasteiger partial charge in [0.05, 0.1) is 17.4 Å². The fourth-order valence-corrected chi connectivity index (χ4v) is 3.05. The highest BCUT2D eigenvalue weighted by Gasteiger charge is 2.10. The third-order valence-corrected chi connectivity index (χ3v) is 4.68. The average Bonchev–Trinajstić information content (AvgIpc) is 2.30. The molecule has 0 amide bonds. The summed E-state index contributed by atoms with van der Waals surface area (Å²) in [5, 5.41) is 0.580. The Labute approximate surface area is 118 Å². The highest BCUT2D eigenvalue weighted by Crippen LogP contribution is 2.24. The summed E-state index contributed by atoms with van der Waals surface area (Å²) in [5.74, 6) is 1.07. The second-order valence-electron chi connectivity index (χ2n) is 3.89. The number of alkyl halides is 1. The van der Waals surface area contributed by atoms with E-state index in [-0.39, 0.29) is 24.0 Å². The predicted molar refractivity (Wildman–Crippen MR) is 75.4 cm³/mol. The zero-order valence-corrected chi connectivity index (χ0v) is 12.5. The first-order valence-electron chi connectivity index (χ1n) is 5.66. The van der Waals surface area contributed by atoms with Gasteiger partial charge < -0.3 is 4.74 Å². The number of hydrogen-bond acceptors (Lipinski definition) is 3. The van der Waals surface area contributed by atoms with Crippen LogP contribution in [-0.2, 0) is 15.7 Å². The summed E-state index contributed by atoms with van der Waals surface area (Å²) in [6.07, 6.45) is 0.621. The Morgan fingerprint density at radius 1 is 1.28 bits per heavy atom. The van der Waals surface area contributed by atoms with Crippen molar-refractivity contribution in [1.29, 1.82) is 0 Å². The van der Waals surface area contributed by atoms with Crippen LogP contribution in [0.15, 0.2) is 18.2 Å². The molecule has 1 aromatic rings. The van der Waals surface area contributed by atoms with Gasteiger partial charge in [-0.25, -0.2) is 8.42 Å². The van der Waals surface area contributed by atoms with Crippen LogP contribution < -0.4 is 4.74 Å². The predicted octanol–water partition coefficient (Wildman–Crippen LogP) is 3.28. The van der Waals surface area contributed by atoms with Gasteiger partial charge in [-0.2, -0.15) is 0 Å². The number of sulfone groups is 1. The van der Waals surface area contributed by atoms with E-state index in [1.54, 1.807) is 18.2 Å². The summed E-state index contributed by atoms with van der Waals surface area (Å²) < 4.78 is 28.4. The van der Waals surface area contributed by atoms with Gasteiger partial charge in [-0.3, -0.25) is 0 Å². The monoisotopic (exact) mass is 310 g/mol. The van der Waals surface area contributed by atoms with Crippen molar-refractivity contribution in [2.45, 2.75) is 19.2 Å². The lowest BCUT2D eigenvalue weighted by atomic mass is 10.2. The van der Waals surface area contributed by atoms with Crippen LogP contribution in [-0.4, -0.2) is 26.5 Å². The maximum absolute atomic E-state index is 11.5. The molecule has 0 atom stereocenters. The van der Waals surface area contributed by atoms with Crippen molar-refractivity contribution >= 4 is 33.0 Å². The smallest absolute Gasteiger partial charge is 0.153 e. The molecule has 0 fully saturated rings. The minimum absolute atomic E-state index is 0.0190. The van der Waals surface area contributed by atoms with Gasteiger partial charge in [0, 0.05) is 10.6 Å². The van der Waals surface area contributed by atoms with Crippen molar-refractivity contribution in [3.8, 4) is 5.75 Å². The molecule has 0 radical (unpaired) electrons. The Morgan fingerprint density at radius 2 is 2.00 bits per heavy atom. The maximum Gasteiger partial charge on any atom is 0.153 e. The topological polar surface area (TPSA) is 43.4 Å². The molecule has 0 N–H and O–H groups in total. The van der Waals surface area contributed by atoms with Crippen LogP contribution in [0.4, 0.5) is 0 Å². The average molecular weight is 311 g/mol. The number of ether oxygens (including phenoxy) is 1. The van der Waals surface area contributed by atoms with Crippen LogP contribution in [0.2, 0.25) is 5.02 Å². The van der Waals surface area contributed by atoms with Crippen LogP contribution in [0.25, 0.3) is 0 Å². The molecule has 0 heterocycles. The lowest BCUT2D eigenvalue weighted by molar-refractivity contribution is 0.338. The molecule has 0 saturated heterocycles. The van der Waals surface area contributed by atoms with Crippen molar-refractivity contribution < 1.29 is 13.2 Å². The van der Waals surface area contributed by atoms with Crippen LogP contribution >= 0.6 is 23.2 Å². The van der Waals surface area contributed by atoms with Crippen molar-refractivity contribution in [2.75, 3.05) is 18.1 Å². The van der Waals surface area contributed by atoms with E-state index in [9.17, 15) is 8.42 Å². The fraction of sp³-hybridized carbons (Fsp3) is 0.500. The van der Waals surface area contributed by atoms with Crippen LogP contribution in [0.5, 0.6) is 5.75 Å². The molecule has 0 unspecified atom stereocenters. The Bertz CT molecular complexity index is 486. The van der Waals surface area contributed by atoms with E-state index < -0.39 is 9.84 Å². The van der Waals surface area contributed by atoms with Gasteiger partial charge in [-0.05, 0) is 24.6 Å². The molecular weight excluding hydrogens is 295 g/mol. The van der Waals surface area contributed by atoms with E-state index in [4.69, 9.17) is 27.9 Å². The Kier molecular flexibility index (Phi) is 6.26. The molecule has 0 bridgehead atoms. The minimum Gasteiger partial charge on any atom is -0.492 e. The quantitative estimate of drug-likeness (QED) is 0.726. The molecule has 0 aromatic heterocycles. The number of halogens is 2. The fourth-order valence-electron chi connectivity index (χ4n) is 1.48. The first kappa shape index (κ1) is 15.6. The summed E-state index contributed by atoms with van der Waals surface area (Å²) in [4.78, 5) is 0. The lowest BCUT2D eigenvalue weighted by Crippen LogP contribution is -2.17. The molecule has 1 rings (SSSR count). The van der Waals surface area contributed by atoms with Crippen molar-refractivity contribution in [3.05, 3.63) is 28.8 Å². The normalized spacial score (nSPS) is 11.5. The SMILES string of the molecule is CCCS(=O)(=O)CCOc1ccc(Cl)cc1CCl. The van der Waals surface area contributed by atoms with Crippen LogP contribution in [0, 0.1) is 0 Å². The van der Waals surface area contributed by atoms with Gasteiger partial charge in [0.1, 0.15) is 12.4 Å². The molecule has 1 aromatic carbocycles. The van der Waals surface area contributed by atoms with E-state index in [1.165, 1.54) is 0 Å². The molecule has 0 aliphatic rings. The van der Waals surface area contributed by atoms with Gasteiger partial charge in [-0.1, -0.05) is 18.5 Å². The molecule has 0 spiro atoms. The summed E-state index contributed by atoms with van der Waals surface area (Å²) in [6, 6.07) is 5.10. The largest absolute Gasteiger partial charge is 0.492 e. The summed E-state index contributed by atoms with van der Waals surface area (Å²) in [6.45, 7) is 1.97. The van der Waals surface area contributed by atoms with Gasteiger partial charge in [-0.15, -0.1) is 11.6 Å². The Balaban J connectivity index is 2.59. The molecule has 3 nitrogen and oxygen atoms in total. The second kappa shape index (κ2) is 7.22. The van der Waals surface area contributed by atoms with Crippen LogP contribution in [0.1, 0.15) is 18.9 Å².